The summed E-state index contributed by atoms with van der Waals surface area (Å²) in [5.74, 6) is 0. The molecule has 6 heteroatoms. The highest BCUT2D eigenvalue weighted by atomic mass is 79.9. The molecule has 134 valence electrons. The number of halogens is 1. The molecule has 26 heavy (non-hydrogen) atoms. The van der Waals surface area contributed by atoms with Crippen LogP contribution < -0.4 is 0 Å². The van der Waals surface area contributed by atoms with Crippen LogP contribution in [0.2, 0.25) is 0 Å². The number of pyridine rings is 1. The first-order chi connectivity index (χ1) is 12.4. The lowest BCUT2D eigenvalue weighted by Crippen LogP contribution is -2.33. The van der Waals surface area contributed by atoms with Gasteiger partial charge in [0, 0.05) is 28.6 Å². The van der Waals surface area contributed by atoms with Crippen molar-refractivity contribution in [2.24, 2.45) is 0 Å². The van der Waals surface area contributed by atoms with E-state index < -0.39 is 10.0 Å². The van der Waals surface area contributed by atoms with Crippen LogP contribution in [0, 0.1) is 6.92 Å². The number of hydrogen-bond acceptors (Lipinski definition) is 3. The quantitative estimate of drug-likeness (QED) is 0.591. The summed E-state index contributed by atoms with van der Waals surface area (Å²) in [5, 5.41) is 0.851. The summed E-state index contributed by atoms with van der Waals surface area (Å²) >= 11 is 3.46. The van der Waals surface area contributed by atoms with Gasteiger partial charge in [0.05, 0.1) is 5.52 Å². The number of aryl methyl sites for hydroxylation is 1. The Kier molecular flexibility index (Phi) is 4.59. The third-order valence-corrected chi connectivity index (χ3v) is 7.00. The van der Waals surface area contributed by atoms with Gasteiger partial charge in [0.2, 0.25) is 10.0 Å². The molecule has 3 aromatic rings. The van der Waals surface area contributed by atoms with E-state index in [1.807, 2.05) is 43.3 Å². The van der Waals surface area contributed by atoms with E-state index in [1.54, 1.807) is 22.6 Å². The smallest absolute Gasteiger partial charge is 0.245 e. The molecule has 1 aliphatic rings. The Morgan fingerprint density at radius 2 is 1.92 bits per heavy atom. The molecule has 0 saturated heterocycles. The number of hydrogen-bond donors (Lipinski definition) is 0. The number of benzene rings is 2. The van der Waals surface area contributed by atoms with Gasteiger partial charge in [-0.25, -0.2) is 8.42 Å². The fourth-order valence-electron chi connectivity index (χ4n) is 3.17. The van der Waals surface area contributed by atoms with Gasteiger partial charge in [-0.2, -0.15) is 4.31 Å². The van der Waals surface area contributed by atoms with Crippen LogP contribution >= 0.6 is 15.9 Å². The lowest BCUT2D eigenvalue weighted by Gasteiger charge is -2.23. The van der Waals surface area contributed by atoms with Crippen molar-refractivity contribution in [2.45, 2.75) is 37.2 Å². The predicted molar refractivity (Wildman–Crippen MR) is 106 cm³/mol. The minimum Gasteiger partial charge on any atom is -0.255 e. The molecule has 0 bridgehead atoms. The molecule has 0 N–H and O–H groups in total. The molecule has 4 nitrogen and oxygen atoms in total. The summed E-state index contributed by atoms with van der Waals surface area (Å²) in [7, 11) is -3.63. The average molecular weight is 431 g/mol. The van der Waals surface area contributed by atoms with E-state index in [2.05, 4.69) is 20.9 Å². The zero-order valence-corrected chi connectivity index (χ0v) is 16.8. The second-order valence-corrected chi connectivity index (χ2v) is 9.53. The summed E-state index contributed by atoms with van der Waals surface area (Å²) in [5.41, 5.74) is 2.53. The van der Waals surface area contributed by atoms with Crippen molar-refractivity contribution in [1.82, 2.24) is 9.29 Å². The molecule has 0 spiro atoms. The van der Waals surface area contributed by atoms with Crippen molar-refractivity contribution in [3.8, 4) is 0 Å². The predicted octanol–water partition coefficient (Wildman–Crippen LogP) is 4.66. The minimum atomic E-state index is -3.63. The van der Waals surface area contributed by atoms with Gasteiger partial charge >= 0.3 is 0 Å². The second kappa shape index (κ2) is 6.76. The van der Waals surface area contributed by atoms with Gasteiger partial charge in [0.25, 0.3) is 0 Å². The first kappa shape index (κ1) is 17.6. The molecule has 0 aliphatic heterocycles. The molecule has 1 fully saturated rings. The highest BCUT2D eigenvalue weighted by molar-refractivity contribution is 9.10. The van der Waals surface area contributed by atoms with Crippen LogP contribution in [0.3, 0.4) is 0 Å². The molecular weight excluding hydrogens is 412 g/mol. The third kappa shape index (κ3) is 3.41. The van der Waals surface area contributed by atoms with Crippen LogP contribution in [0.4, 0.5) is 0 Å². The van der Waals surface area contributed by atoms with Gasteiger partial charge in [0.1, 0.15) is 4.90 Å². The fraction of sp³-hybridized carbons (Fsp3) is 0.250. The Morgan fingerprint density at radius 1 is 1.15 bits per heavy atom. The van der Waals surface area contributed by atoms with Crippen molar-refractivity contribution in [1.29, 1.82) is 0 Å². The van der Waals surface area contributed by atoms with Gasteiger partial charge in [-0.3, -0.25) is 4.98 Å². The summed E-state index contributed by atoms with van der Waals surface area (Å²) in [4.78, 5) is 4.71. The summed E-state index contributed by atoms with van der Waals surface area (Å²) in [6.07, 6.45) is 3.53. The highest BCUT2D eigenvalue weighted by Gasteiger charge is 2.39. The van der Waals surface area contributed by atoms with Crippen molar-refractivity contribution in [3.63, 3.8) is 0 Å². The van der Waals surface area contributed by atoms with Crippen LogP contribution in [0.15, 0.2) is 64.1 Å². The van der Waals surface area contributed by atoms with E-state index in [4.69, 9.17) is 0 Å². The molecule has 4 rings (SSSR count). The zero-order valence-electron chi connectivity index (χ0n) is 14.4. The molecular formula is C20H19BrN2O2S. The molecule has 0 radical (unpaired) electrons. The maximum atomic E-state index is 13.5. The SMILES string of the molecule is Cc1cnc2c(S(=O)(=O)N(Cc3cccc(Br)c3)C3CC3)cccc2c1. The number of aromatic nitrogens is 1. The lowest BCUT2D eigenvalue weighted by molar-refractivity contribution is 0.399. The molecule has 1 saturated carbocycles. The van der Waals surface area contributed by atoms with Gasteiger partial charge in [-0.05, 0) is 55.2 Å². The van der Waals surface area contributed by atoms with Gasteiger partial charge in [-0.15, -0.1) is 0 Å². The average Bonchev–Trinajstić information content (AvgIpc) is 3.43. The first-order valence-corrected chi connectivity index (χ1v) is 10.8. The Bertz CT molecular complexity index is 1080. The molecule has 1 aliphatic carbocycles. The van der Waals surface area contributed by atoms with Crippen LogP contribution in [0.5, 0.6) is 0 Å². The van der Waals surface area contributed by atoms with E-state index in [9.17, 15) is 8.42 Å². The molecule has 2 aromatic carbocycles. The van der Waals surface area contributed by atoms with E-state index in [1.165, 1.54) is 0 Å². The summed E-state index contributed by atoms with van der Waals surface area (Å²) < 4.78 is 29.5. The largest absolute Gasteiger partial charge is 0.255 e. The minimum absolute atomic E-state index is 0.0692. The van der Waals surface area contributed by atoms with E-state index >= 15 is 0 Å². The van der Waals surface area contributed by atoms with Crippen LogP contribution in [0.1, 0.15) is 24.0 Å². The maximum Gasteiger partial charge on any atom is 0.245 e. The fourth-order valence-corrected chi connectivity index (χ4v) is 5.45. The number of para-hydroxylation sites is 1. The molecule has 0 amide bonds. The molecule has 1 aromatic heterocycles. The zero-order chi connectivity index (χ0) is 18.3. The Morgan fingerprint density at radius 3 is 2.65 bits per heavy atom. The highest BCUT2D eigenvalue weighted by Crippen LogP contribution is 2.35. The molecule has 1 heterocycles. The monoisotopic (exact) mass is 430 g/mol. The van der Waals surface area contributed by atoms with Crippen molar-refractivity contribution in [2.75, 3.05) is 0 Å². The van der Waals surface area contributed by atoms with Crippen LogP contribution in [-0.2, 0) is 16.6 Å². The normalized spacial score (nSPS) is 14.9. The summed E-state index contributed by atoms with van der Waals surface area (Å²) in [6.45, 7) is 2.33. The Hall–Kier alpha value is -1.76. The van der Waals surface area contributed by atoms with Crippen LogP contribution in [-0.4, -0.2) is 23.7 Å². The Labute approximate surface area is 162 Å². The maximum absolute atomic E-state index is 13.5. The van der Waals surface area contributed by atoms with Crippen molar-refractivity contribution < 1.29 is 8.42 Å². The first-order valence-electron chi connectivity index (χ1n) is 8.57. The third-order valence-electron chi connectivity index (χ3n) is 4.58. The van der Waals surface area contributed by atoms with E-state index in [0.29, 0.717) is 12.1 Å². The molecule has 0 atom stereocenters. The number of fused-ring (bicyclic) bond motifs is 1. The number of rotatable bonds is 5. The molecule has 0 unspecified atom stereocenters. The number of sulfonamides is 1. The van der Waals surface area contributed by atoms with Crippen LogP contribution in [0.25, 0.3) is 10.9 Å². The van der Waals surface area contributed by atoms with Gasteiger partial charge in [-0.1, -0.05) is 40.2 Å². The Balaban J connectivity index is 1.78. The van der Waals surface area contributed by atoms with Crippen molar-refractivity contribution in [3.05, 3.63) is 70.3 Å². The van der Waals surface area contributed by atoms with Crippen molar-refractivity contribution >= 4 is 36.9 Å². The van der Waals surface area contributed by atoms with E-state index in [0.717, 1.165) is 33.8 Å². The summed E-state index contributed by atoms with van der Waals surface area (Å²) in [6, 6.07) is 15.2. The van der Waals surface area contributed by atoms with E-state index in [-0.39, 0.29) is 10.9 Å². The second-order valence-electron chi connectivity index (χ2n) is 6.75. The number of nitrogens with zero attached hydrogens (tertiary/aromatic N) is 2. The standard InChI is InChI=1S/C20H19BrN2O2S/c1-14-10-16-5-3-7-19(20(16)22-12-14)26(24,25)23(18-8-9-18)13-15-4-2-6-17(21)11-15/h2-7,10-12,18H,8-9,13H2,1H3. The topological polar surface area (TPSA) is 50.3 Å². The van der Waals surface area contributed by atoms with Gasteiger partial charge < -0.3 is 0 Å². The lowest BCUT2D eigenvalue weighted by atomic mass is 10.2. The van der Waals surface area contributed by atoms with Gasteiger partial charge in [0.15, 0.2) is 0 Å².